The molecule has 0 aromatic carbocycles. The van der Waals surface area contributed by atoms with Crippen LogP contribution in [0.2, 0.25) is 0 Å². The number of hydrogen-bond donors (Lipinski definition) is 1. The Hall–Kier alpha value is -0.810. The maximum atomic E-state index is 4.68. The number of nitrogens with one attached hydrogen (secondary N) is 1. The molecular formula is C14H22Cl2N4. The van der Waals surface area contributed by atoms with Crippen molar-refractivity contribution < 1.29 is 0 Å². The van der Waals surface area contributed by atoms with Gasteiger partial charge in [0.2, 0.25) is 0 Å². The highest BCUT2D eigenvalue weighted by atomic mass is 35.5. The lowest BCUT2D eigenvalue weighted by molar-refractivity contribution is 0.164. The number of nitrogens with zero attached hydrogens (tertiary/aromatic N) is 3. The van der Waals surface area contributed by atoms with Gasteiger partial charge in [0, 0.05) is 44.6 Å². The first-order valence-corrected chi connectivity index (χ1v) is 6.61. The van der Waals surface area contributed by atoms with E-state index in [9.17, 15) is 0 Å². The minimum Gasteiger partial charge on any atom is -0.314 e. The zero-order valence-corrected chi connectivity index (χ0v) is 13.5. The van der Waals surface area contributed by atoms with Crippen molar-refractivity contribution in [2.45, 2.75) is 26.4 Å². The van der Waals surface area contributed by atoms with Gasteiger partial charge in [-0.2, -0.15) is 0 Å². The summed E-state index contributed by atoms with van der Waals surface area (Å²) in [4.78, 5) is 7.17. The Labute approximate surface area is 132 Å². The van der Waals surface area contributed by atoms with Gasteiger partial charge in [-0.1, -0.05) is 6.07 Å². The van der Waals surface area contributed by atoms with Gasteiger partial charge < -0.3 is 9.72 Å². The van der Waals surface area contributed by atoms with Gasteiger partial charge in [0.15, 0.2) is 0 Å². The smallest absolute Gasteiger partial charge is 0.137 e. The van der Waals surface area contributed by atoms with E-state index in [-0.39, 0.29) is 24.8 Å². The van der Waals surface area contributed by atoms with Gasteiger partial charge in [-0.05, 0) is 25.5 Å². The van der Waals surface area contributed by atoms with Crippen molar-refractivity contribution in [2.75, 3.05) is 19.6 Å². The fourth-order valence-electron chi connectivity index (χ4n) is 2.56. The van der Waals surface area contributed by atoms with Gasteiger partial charge >= 0.3 is 0 Å². The molecule has 3 rings (SSSR count). The van der Waals surface area contributed by atoms with Crippen LogP contribution in [0.25, 0.3) is 5.65 Å². The average Bonchev–Trinajstić information content (AvgIpc) is 2.73. The van der Waals surface area contributed by atoms with E-state index in [1.807, 2.05) is 0 Å². The molecule has 1 aliphatic rings. The molecule has 0 saturated carbocycles. The lowest BCUT2D eigenvalue weighted by Gasteiger charge is -2.33. The summed E-state index contributed by atoms with van der Waals surface area (Å²) in [5.41, 5.74) is 3.47. The SMILES string of the molecule is Cc1ccc2nc(CN3CCNC[C@@H]3C)cn2c1.Cl.Cl. The highest BCUT2D eigenvalue weighted by Crippen LogP contribution is 2.12. The lowest BCUT2D eigenvalue weighted by atomic mass is 10.2. The predicted molar refractivity (Wildman–Crippen MR) is 87.2 cm³/mol. The largest absolute Gasteiger partial charge is 0.314 e. The van der Waals surface area contributed by atoms with Crippen LogP contribution in [-0.4, -0.2) is 40.0 Å². The lowest BCUT2D eigenvalue weighted by Crippen LogP contribution is -2.49. The molecule has 0 amide bonds. The van der Waals surface area contributed by atoms with Crippen LogP contribution >= 0.6 is 24.8 Å². The molecule has 0 spiro atoms. The van der Waals surface area contributed by atoms with E-state index in [1.54, 1.807) is 0 Å². The monoisotopic (exact) mass is 316 g/mol. The van der Waals surface area contributed by atoms with Crippen molar-refractivity contribution in [1.29, 1.82) is 0 Å². The van der Waals surface area contributed by atoms with E-state index in [2.05, 4.69) is 58.0 Å². The number of aryl methyl sites for hydroxylation is 1. The van der Waals surface area contributed by atoms with Gasteiger partial charge in [-0.15, -0.1) is 24.8 Å². The van der Waals surface area contributed by atoms with E-state index in [1.165, 1.54) is 5.56 Å². The number of halogens is 2. The average molecular weight is 317 g/mol. The van der Waals surface area contributed by atoms with Crippen molar-refractivity contribution >= 4 is 30.5 Å². The minimum absolute atomic E-state index is 0. The van der Waals surface area contributed by atoms with Crippen LogP contribution in [0.1, 0.15) is 18.2 Å². The topological polar surface area (TPSA) is 32.6 Å². The summed E-state index contributed by atoms with van der Waals surface area (Å²) in [6, 6.07) is 4.78. The highest BCUT2D eigenvalue weighted by Gasteiger charge is 2.18. The van der Waals surface area contributed by atoms with Crippen LogP contribution in [0.5, 0.6) is 0 Å². The molecule has 20 heavy (non-hydrogen) atoms. The van der Waals surface area contributed by atoms with Gasteiger partial charge in [-0.25, -0.2) is 4.98 Å². The first-order valence-electron chi connectivity index (χ1n) is 6.61. The van der Waals surface area contributed by atoms with E-state index in [0.717, 1.165) is 37.5 Å². The Balaban J connectivity index is 0.000001000. The van der Waals surface area contributed by atoms with E-state index in [0.29, 0.717) is 6.04 Å². The van der Waals surface area contributed by atoms with Crippen molar-refractivity contribution in [3.8, 4) is 0 Å². The summed E-state index contributed by atoms with van der Waals surface area (Å²) in [7, 11) is 0. The number of hydrogen-bond acceptors (Lipinski definition) is 3. The predicted octanol–water partition coefficient (Wildman–Crippen LogP) is 2.28. The van der Waals surface area contributed by atoms with Gasteiger partial charge in [0.25, 0.3) is 0 Å². The molecule has 2 aromatic heterocycles. The summed E-state index contributed by atoms with van der Waals surface area (Å²) < 4.78 is 2.12. The number of imidazole rings is 1. The molecule has 1 atom stereocenters. The van der Waals surface area contributed by atoms with Crippen LogP contribution in [0.3, 0.4) is 0 Å². The molecule has 0 aliphatic carbocycles. The van der Waals surface area contributed by atoms with Crippen LogP contribution in [-0.2, 0) is 6.54 Å². The van der Waals surface area contributed by atoms with Crippen LogP contribution < -0.4 is 5.32 Å². The van der Waals surface area contributed by atoms with Crippen LogP contribution in [0.4, 0.5) is 0 Å². The third-order valence-electron chi connectivity index (χ3n) is 3.65. The maximum absolute atomic E-state index is 4.68. The quantitative estimate of drug-likeness (QED) is 0.922. The Morgan fingerprint density at radius 3 is 2.85 bits per heavy atom. The normalized spacial score (nSPS) is 19.4. The van der Waals surface area contributed by atoms with Crippen molar-refractivity contribution in [1.82, 2.24) is 19.6 Å². The fourth-order valence-corrected chi connectivity index (χ4v) is 2.56. The molecule has 1 aliphatic heterocycles. The zero-order chi connectivity index (χ0) is 12.5. The maximum Gasteiger partial charge on any atom is 0.137 e. The summed E-state index contributed by atoms with van der Waals surface area (Å²) in [6.45, 7) is 8.59. The van der Waals surface area contributed by atoms with E-state index < -0.39 is 0 Å². The van der Waals surface area contributed by atoms with Crippen LogP contribution in [0.15, 0.2) is 24.5 Å². The Bertz CT molecular complexity index is 555. The third kappa shape index (κ3) is 3.64. The number of fused-ring (bicyclic) bond motifs is 1. The molecule has 6 heteroatoms. The molecule has 0 radical (unpaired) electrons. The van der Waals surface area contributed by atoms with Crippen LogP contribution in [0, 0.1) is 6.92 Å². The standard InChI is InChI=1S/C14H20N4.2ClH/c1-11-3-4-14-16-13(10-18(14)8-11)9-17-6-5-15-7-12(17)2;;/h3-4,8,10,12,15H,5-7,9H2,1-2H3;2*1H/t12-;;/m0../s1. The summed E-state index contributed by atoms with van der Waals surface area (Å²) >= 11 is 0. The zero-order valence-electron chi connectivity index (χ0n) is 11.9. The molecule has 1 saturated heterocycles. The van der Waals surface area contributed by atoms with Crippen molar-refractivity contribution in [3.63, 3.8) is 0 Å². The Kier molecular flexibility index (Phi) is 6.27. The number of aromatic nitrogens is 2. The number of pyridine rings is 1. The first-order chi connectivity index (χ1) is 8.72. The van der Waals surface area contributed by atoms with Gasteiger partial charge in [-0.3, -0.25) is 4.90 Å². The molecule has 4 nitrogen and oxygen atoms in total. The second kappa shape index (κ2) is 7.27. The molecule has 0 unspecified atom stereocenters. The molecule has 3 heterocycles. The van der Waals surface area contributed by atoms with Crippen molar-refractivity contribution in [2.24, 2.45) is 0 Å². The Morgan fingerprint density at radius 2 is 2.10 bits per heavy atom. The second-order valence-corrected chi connectivity index (χ2v) is 5.23. The third-order valence-corrected chi connectivity index (χ3v) is 3.65. The van der Waals surface area contributed by atoms with Gasteiger partial charge in [0.1, 0.15) is 5.65 Å². The molecule has 112 valence electrons. The molecule has 1 N–H and O–H groups in total. The molecular weight excluding hydrogens is 295 g/mol. The second-order valence-electron chi connectivity index (χ2n) is 5.23. The number of rotatable bonds is 2. The summed E-state index contributed by atoms with van der Waals surface area (Å²) in [6.07, 6.45) is 4.28. The van der Waals surface area contributed by atoms with Gasteiger partial charge in [0.05, 0.1) is 5.69 Å². The molecule has 2 aromatic rings. The summed E-state index contributed by atoms with van der Waals surface area (Å²) in [5.74, 6) is 0. The first kappa shape index (κ1) is 17.2. The minimum atomic E-state index is 0. The molecule has 0 bridgehead atoms. The Morgan fingerprint density at radius 1 is 1.30 bits per heavy atom. The van der Waals surface area contributed by atoms with E-state index >= 15 is 0 Å². The highest BCUT2D eigenvalue weighted by molar-refractivity contribution is 5.85. The van der Waals surface area contributed by atoms with Crippen molar-refractivity contribution in [3.05, 3.63) is 35.8 Å². The number of piperazine rings is 1. The summed E-state index contributed by atoms with van der Waals surface area (Å²) in [5, 5.41) is 3.42. The van der Waals surface area contributed by atoms with E-state index in [4.69, 9.17) is 0 Å². The molecule has 1 fully saturated rings. The fraction of sp³-hybridized carbons (Fsp3) is 0.500.